The number of halogens is 1. The van der Waals surface area contributed by atoms with Crippen molar-refractivity contribution in [3.63, 3.8) is 0 Å². The van der Waals surface area contributed by atoms with Crippen LogP contribution < -0.4 is 4.74 Å². The molecule has 1 aromatic rings. The van der Waals surface area contributed by atoms with Crippen LogP contribution in [0.5, 0.6) is 5.75 Å². The molecule has 4 nitrogen and oxygen atoms in total. The number of hydrogen-bond donors (Lipinski definition) is 1. The smallest absolute Gasteiger partial charge is 0.170 e. The zero-order chi connectivity index (χ0) is 17.6. The Morgan fingerprint density at radius 3 is 2.42 bits per heavy atom. The number of carbonyl (C=O) groups excluding carboxylic acids is 2. The van der Waals surface area contributed by atoms with E-state index in [4.69, 9.17) is 16.3 Å². The number of aliphatic hydroxyl groups excluding tert-OH is 1. The van der Waals surface area contributed by atoms with Gasteiger partial charge in [-0.3, -0.25) is 9.59 Å². The fourth-order valence-corrected chi connectivity index (χ4v) is 4.26. The molecule has 128 valence electrons. The summed E-state index contributed by atoms with van der Waals surface area (Å²) in [5.41, 5.74) is 4.09. The number of Topliss-reactive ketones (excluding diaryl/α,β-unsaturated/α-hetero) is 2. The Kier molecular flexibility index (Phi) is 4.43. The Morgan fingerprint density at radius 2 is 1.83 bits per heavy atom. The van der Waals surface area contributed by atoms with Gasteiger partial charge in [0.25, 0.3) is 0 Å². The van der Waals surface area contributed by atoms with E-state index in [1.165, 1.54) is 0 Å². The third-order valence-electron chi connectivity index (χ3n) is 5.18. The molecule has 1 N–H and O–H groups in total. The average molecular weight is 349 g/mol. The van der Waals surface area contributed by atoms with Crippen molar-refractivity contribution in [3.8, 4) is 5.75 Å². The molecule has 0 spiro atoms. The molecule has 5 heteroatoms. The molecule has 0 aromatic heterocycles. The quantitative estimate of drug-likeness (QED) is 0.496. The van der Waals surface area contributed by atoms with E-state index in [2.05, 4.69) is 0 Å². The van der Waals surface area contributed by atoms with E-state index in [0.29, 0.717) is 17.4 Å². The zero-order valence-electron chi connectivity index (χ0n) is 14.2. The lowest BCUT2D eigenvalue weighted by atomic mass is 9.77. The van der Waals surface area contributed by atoms with Crippen LogP contribution in [0.4, 0.5) is 0 Å². The van der Waals surface area contributed by atoms with Crippen molar-refractivity contribution in [2.45, 2.75) is 52.4 Å². The fourth-order valence-electron chi connectivity index (χ4n) is 3.79. The van der Waals surface area contributed by atoms with Gasteiger partial charge in [0.1, 0.15) is 11.5 Å². The number of ether oxygens (including phenoxy) is 1. The Balaban J connectivity index is 2.05. The summed E-state index contributed by atoms with van der Waals surface area (Å²) < 4.78 is 5.68. The number of hydrogen-bond acceptors (Lipinski definition) is 4. The van der Waals surface area contributed by atoms with Gasteiger partial charge < -0.3 is 9.84 Å². The monoisotopic (exact) mass is 348 g/mol. The summed E-state index contributed by atoms with van der Waals surface area (Å²) in [5, 5.41) is 10.4. The molecule has 0 atom stereocenters. The zero-order valence-corrected chi connectivity index (χ0v) is 14.9. The van der Waals surface area contributed by atoms with Crippen LogP contribution in [0.15, 0.2) is 11.3 Å². The van der Waals surface area contributed by atoms with Crippen LogP contribution in [0, 0.1) is 13.8 Å². The van der Waals surface area contributed by atoms with Crippen LogP contribution in [-0.2, 0) is 16.0 Å². The van der Waals surface area contributed by atoms with Crippen LogP contribution in [0.25, 0.3) is 0 Å². The lowest BCUT2D eigenvalue weighted by Gasteiger charge is -2.27. The summed E-state index contributed by atoms with van der Waals surface area (Å²) in [7, 11) is 0. The van der Waals surface area contributed by atoms with E-state index >= 15 is 0 Å². The minimum Gasteiger partial charge on any atom is -0.511 e. The Morgan fingerprint density at radius 1 is 1.21 bits per heavy atom. The predicted molar refractivity (Wildman–Crippen MR) is 92.1 cm³/mol. The molecule has 0 amide bonds. The third-order valence-corrected chi connectivity index (χ3v) is 5.56. The predicted octanol–water partition coefficient (Wildman–Crippen LogP) is 4.13. The standard InChI is InChI=1S/C19H21ClO4/c1-4-13(21)17-14(22)7-11(8-15(17)23)16-10(3)9(2)12-5-6-24-19(12)18(16)20/h11,21H,4-8H2,1-3H3. The lowest BCUT2D eigenvalue weighted by Crippen LogP contribution is -2.27. The number of ketones is 2. The van der Waals surface area contributed by atoms with Gasteiger partial charge in [-0.05, 0) is 30.5 Å². The highest BCUT2D eigenvalue weighted by Crippen LogP contribution is 2.46. The van der Waals surface area contributed by atoms with Gasteiger partial charge in [-0.25, -0.2) is 0 Å². The molecule has 1 fully saturated rings. The van der Waals surface area contributed by atoms with Gasteiger partial charge in [-0.1, -0.05) is 18.5 Å². The minimum absolute atomic E-state index is 0.0309. The van der Waals surface area contributed by atoms with Crippen molar-refractivity contribution in [3.05, 3.63) is 38.6 Å². The molecule has 1 heterocycles. The first kappa shape index (κ1) is 17.0. The number of rotatable bonds is 2. The second-order valence-corrected chi connectivity index (χ2v) is 6.89. The highest BCUT2D eigenvalue weighted by Gasteiger charge is 2.36. The van der Waals surface area contributed by atoms with Gasteiger partial charge in [-0.15, -0.1) is 0 Å². The molecule has 0 radical (unpaired) electrons. The lowest BCUT2D eigenvalue weighted by molar-refractivity contribution is -0.124. The number of benzene rings is 1. The number of aliphatic hydroxyl groups is 1. The first-order valence-corrected chi connectivity index (χ1v) is 8.67. The van der Waals surface area contributed by atoms with Crippen molar-refractivity contribution >= 4 is 23.2 Å². The van der Waals surface area contributed by atoms with Crippen LogP contribution in [0.2, 0.25) is 5.02 Å². The van der Waals surface area contributed by atoms with Gasteiger partial charge in [0, 0.05) is 37.2 Å². The number of allylic oxidation sites excluding steroid dienone is 2. The van der Waals surface area contributed by atoms with E-state index in [9.17, 15) is 14.7 Å². The number of carbonyl (C=O) groups is 2. The van der Waals surface area contributed by atoms with Crippen LogP contribution in [0.1, 0.15) is 54.4 Å². The SMILES string of the molecule is CCC(O)=C1C(=O)CC(c2c(C)c(C)c3c(c2Cl)OCC3)CC1=O. The molecule has 1 aliphatic heterocycles. The van der Waals surface area contributed by atoms with Crippen LogP contribution >= 0.6 is 11.6 Å². The molecule has 24 heavy (non-hydrogen) atoms. The Bertz CT molecular complexity index is 756. The molecule has 0 saturated heterocycles. The highest BCUT2D eigenvalue weighted by molar-refractivity contribution is 6.33. The largest absolute Gasteiger partial charge is 0.511 e. The average Bonchev–Trinajstić information content (AvgIpc) is 3.02. The van der Waals surface area contributed by atoms with Gasteiger partial charge in [0.05, 0.1) is 17.2 Å². The summed E-state index contributed by atoms with van der Waals surface area (Å²) >= 11 is 6.58. The maximum atomic E-state index is 12.4. The molecule has 1 aliphatic carbocycles. The van der Waals surface area contributed by atoms with E-state index < -0.39 is 0 Å². The van der Waals surface area contributed by atoms with Gasteiger partial charge in [0.15, 0.2) is 11.6 Å². The summed E-state index contributed by atoms with van der Waals surface area (Å²) in [6.45, 7) is 6.35. The second kappa shape index (κ2) is 6.25. The van der Waals surface area contributed by atoms with E-state index in [-0.39, 0.29) is 48.1 Å². The van der Waals surface area contributed by atoms with Crippen molar-refractivity contribution in [2.75, 3.05) is 6.61 Å². The summed E-state index contributed by atoms with van der Waals surface area (Å²) in [6, 6.07) is 0. The molecular weight excluding hydrogens is 328 g/mol. The summed E-state index contributed by atoms with van der Waals surface area (Å²) in [4.78, 5) is 24.8. The molecule has 0 unspecified atom stereocenters. The van der Waals surface area contributed by atoms with Crippen molar-refractivity contribution < 1.29 is 19.4 Å². The van der Waals surface area contributed by atoms with Crippen LogP contribution in [-0.4, -0.2) is 23.3 Å². The van der Waals surface area contributed by atoms with Crippen molar-refractivity contribution in [1.29, 1.82) is 0 Å². The molecule has 0 bridgehead atoms. The molecule has 1 saturated carbocycles. The van der Waals surface area contributed by atoms with Gasteiger partial charge in [-0.2, -0.15) is 0 Å². The Hall–Kier alpha value is -1.81. The van der Waals surface area contributed by atoms with E-state index in [0.717, 1.165) is 28.7 Å². The molecular formula is C19H21ClO4. The summed E-state index contributed by atoms with van der Waals surface area (Å²) in [6.07, 6.45) is 1.48. The maximum absolute atomic E-state index is 12.4. The molecule has 1 aromatic carbocycles. The van der Waals surface area contributed by atoms with E-state index in [1.54, 1.807) is 6.92 Å². The van der Waals surface area contributed by atoms with Crippen LogP contribution in [0.3, 0.4) is 0 Å². The highest BCUT2D eigenvalue weighted by atomic mass is 35.5. The molecule has 2 aliphatic rings. The first-order valence-electron chi connectivity index (χ1n) is 8.29. The van der Waals surface area contributed by atoms with Gasteiger partial charge >= 0.3 is 0 Å². The maximum Gasteiger partial charge on any atom is 0.170 e. The Labute approximate surface area is 146 Å². The van der Waals surface area contributed by atoms with Gasteiger partial charge in [0.2, 0.25) is 0 Å². The first-order chi connectivity index (χ1) is 11.4. The third kappa shape index (κ3) is 2.53. The number of fused-ring (bicyclic) bond motifs is 1. The second-order valence-electron chi connectivity index (χ2n) is 6.51. The summed E-state index contributed by atoms with van der Waals surface area (Å²) in [5.74, 6) is -0.276. The van der Waals surface area contributed by atoms with E-state index in [1.807, 2.05) is 13.8 Å². The van der Waals surface area contributed by atoms with Crippen molar-refractivity contribution in [2.24, 2.45) is 0 Å². The topological polar surface area (TPSA) is 63.6 Å². The normalized spacial score (nSPS) is 20.2. The molecule has 3 rings (SSSR count). The minimum atomic E-state index is -0.301. The van der Waals surface area contributed by atoms with Crippen molar-refractivity contribution in [1.82, 2.24) is 0 Å². The fraction of sp³-hybridized carbons (Fsp3) is 0.474.